The molecular formula is C21H38FNO4. The van der Waals surface area contributed by atoms with Crippen molar-refractivity contribution in [1.29, 1.82) is 0 Å². The van der Waals surface area contributed by atoms with Crippen LogP contribution in [-0.2, 0) is 14.4 Å². The fourth-order valence-corrected chi connectivity index (χ4v) is 3.09. The fraction of sp³-hybridized carbons (Fsp3) is 0.857. The second-order valence-corrected chi connectivity index (χ2v) is 7.34. The molecule has 0 aromatic rings. The van der Waals surface area contributed by atoms with Crippen LogP contribution in [0.25, 0.3) is 0 Å². The molecule has 0 aromatic heterocycles. The van der Waals surface area contributed by atoms with Gasteiger partial charge in [0, 0.05) is 12.8 Å². The molecule has 0 saturated carbocycles. The van der Waals surface area contributed by atoms with Gasteiger partial charge in [0.15, 0.2) is 0 Å². The number of hydrogen-bond acceptors (Lipinski definition) is 3. The highest BCUT2D eigenvalue weighted by Gasteiger charge is 2.20. The molecule has 5 nitrogen and oxygen atoms in total. The van der Waals surface area contributed by atoms with E-state index in [-0.39, 0.29) is 18.7 Å². The second-order valence-electron chi connectivity index (χ2n) is 7.34. The third kappa shape index (κ3) is 17.7. The Morgan fingerprint density at radius 2 is 1.22 bits per heavy atom. The van der Waals surface area contributed by atoms with Crippen LogP contribution in [0.2, 0.25) is 0 Å². The SMILES string of the molecule is CCCCCCCCCCCCCCCC(=O)N[C@@H](CCC(=O)F)C(=O)O. The van der Waals surface area contributed by atoms with Crippen LogP contribution in [0.4, 0.5) is 4.39 Å². The summed E-state index contributed by atoms with van der Waals surface area (Å²) in [5.41, 5.74) is 0. The second kappa shape index (κ2) is 17.9. The molecule has 0 aliphatic carbocycles. The van der Waals surface area contributed by atoms with E-state index in [1.54, 1.807) is 0 Å². The van der Waals surface area contributed by atoms with Crippen molar-refractivity contribution in [2.24, 2.45) is 0 Å². The van der Waals surface area contributed by atoms with Crippen molar-refractivity contribution in [1.82, 2.24) is 5.32 Å². The number of carboxylic acid groups (broad SMARTS) is 1. The van der Waals surface area contributed by atoms with Crippen LogP contribution in [0.15, 0.2) is 0 Å². The summed E-state index contributed by atoms with van der Waals surface area (Å²) in [6.07, 6.45) is 15.4. The van der Waals surface area contributed by atoms with Gasteiger partial charge in [-0.15, -0.1) is 0 Å². The van der Waals surface area contributed by atoms with Gasteiger partial charge in [-0.2, -0.15) is 4.39 Å². The average Bonchev–Trinajstić information content (AvgIpc) is 2.62. The molecule has 0 fully saturated rings. The van der Waals surface area contributed by atoms with Crippen LogP contribution in [0.5, 0.6) is 0 Å². The molecule has 27 heavy (non-hydrogen) atoms. The summed E-state index contributed by atoms with van der Waals surface area (Å²) in [7, 11) is 0. The summed E-state index contributed by atoms with van der Waals surface area (Å²) in [4.78, 5) is 33.0. The van der Waals surface area contributed by atoms with Crippen LogP contribution in [-0.4, -0.2) is 29.1 Å². The van der Waals surface area contributed by atoms with E-state index in [1.165, 1.54) is 64.2 Å². The maximum absolute atomic E-state index is 12.2. The van der Waals surface area contributed by atoms with Gasteiger partial charge in [0.25, 0.3) is 0 Å². The Hall–Kier alpha value is -1.46. The molecule has 0 aromatic carbocycles. The van der Waals surface area contributed by atoms with E-state index >= 15 is 0 Å². The summed E-state index contributed by atoms with van der Waals surface area (Å²) in [5.74, 6) is -1.59. The number of rotatable bonds is 19. The first kappa shape index (κ1) is 25.5. The lowest BCUT2D eigenvalue weighted by Crippen LogP contribution is -2.40. The predicted octanol–water partition coefficient (Wildman–Crippen LogP) is 5.31. The van der Waals surface area contributed by atoms with Crippen LogP contribution in [0.3, 0.4) is 0 Å². The van der Waals surface area contributed by atoms with Gasteiger partial charge >= 0.3 is 12.0 Å². The Labute approximate surface area is 163 Å². The number of unbranched alkanes of at least 4 members (excludes halogenated alkanes) is 12. The third-order valence-electron chi connectivity index (χ3n) is 4.77. The number of hydrogen-bond donors (Lipinski definition) is 2. The number of carbonyl (C=O) groups is 3. The van der Waals surface area contributed by atoms with E-state index in [0.717, 1.165) is 19.3 Å². The predicted molar refractivity (Wildman–Crippen MR) is 105 cm³/mol. The normalized spacial score (nSPS) is 11.9. The molecule has 0 aliphatic rings. The average molecular weight is 388 g/mol. The van der Waals surface area contributed by atoms with Gasteiger partial charge in [-0.3, -0.25) is 9.59 Å². The minimum atomic E-state index is -1.56. The number of carbonyl (C=O) groups excluding carboxylic acids is 2. The van der Waals surface area contributed by atoms with Crippen molar-refractivity contribution in [2.75, 3.05) is 0 Å². The molecule has 1 amide bonds. The topological polar surface area (TPSA) is 83.5 Å². The number of carboxylic acids is 1. The zero-order chi connectivity index (χ0) is 20.3. The lowest BCUT2D eigenvalue weighted by Gasteiger charge is -2.13. The summed E-state index contributed by atoms with van der Waals surface area (Å²) >= 11 is 0. The Morgan fingerprint density at radius 1 is 0.778 bits per heavy atom. The standard InChI is InChI=1S/C21H38FNO4/c1-2-3-4-5-6-7-8-9-10-11-12-13-14-15-20(25)23-18(21(26)27)16-17-19(22)24/h18H,2-17H2,1H3,(H,23,25)(H,26,27)/t18-/m0/s1. The lowest BCUT2D eigenvalue weighted by molar-refractivity contribution is -0.142. The first-order valence-electron chi connectivity index (χ1n) is 10.7. The largest absolute Gasteiger partial charge is 0.480 e. The number of amides is 1. The molecule has 0 rings (SSSR count). The molecular weight excluding hydrogens is 349 g/mol. The van der Waals surface area contributed by atoms with Gasteiger partial charge in [0.1, 0.15) is 6.04 Å². The van der Waals surface area contributed by atoms with E-state index in [4.69, 9.17) is 5.11 Å². The summed E-state index contributed by atoms with van der Waals surface area (Å²) in [5, 5.41) is 11.3. The highest BCUT2D eigenvalue weighted by molar-refractivity contribution is 5.83. The Bertz CT molecular complexity index is 415. The first-order valence-corrected chi connectivity index (χ1v) is 10.7. The minimum Gasteiger partial charge on any atom is -0.480 e. The first-order chi connectivity index (χ1) is 13.0. The zero-order valence-electron chi connectivity index (χ0n) is 16.9. The Balaban J connectivity index is 3.51. The fourth-order valence-electron chi connectivity index (χ4n) is 3.09. The maximum Gasteiger partial charge on any atom is 0.326 e. The van der Waals surface area contributed by atoms with Crippen molar-refractivity contribution < 1.29 is 23.9 Å². The van der Waals surface area contributed by atoms with Crippen molar-refractivity contribution in [3.8, 4) is 0 Å². The minimum absolute atomic E-state index is 0.213. The summed E-state index contributed by atoms with van der Waals surface area (Å²) in [6.45, 7) is 2.23. The summed E-state index contributed by atoms with van der Waals surface area (Å²) in [6, 6.07) is -2.76. The molecule has 158 valence electrons. The van der Waals surface area contributed by atoms with E-state index < -0.39 is 24.5 Å². The van der Waals surface area contributed by atoms with Gasteiger partial charge in [0.05, 0.1) is 0 Å². The van der Waals surface area contributed by atoms with E-state index in [2.05, 4.69) is 12.2 Å². The van der Waals surface area contributed by atoms with Gasteiger partial charge in [0.2, 0.25) is 5.91 Å². The molecule has 6 heteroatoms. The number of aliphatic carboxylic acids is 1. The van der Waals surface area contributed by atoms with E-state index in [1.807, 2.05) is 0 Å². The monoisotopic (exact) mass is 387 g/mol. The van der Waals surface area contributed by atoms with Gasteiger partial charge < -0.3 is 10.4 Å². The van der Waals surface area contributed by atoms with Crippen LogP contribution < -0.4 is 5.32 Å². The Kier molecular flexibility index (Phi) is 17.0. The molecule has 0 radical (unpaired) electrons. The van der Waals surface area contributed by atoms with Gasteiger partial charge in [-0.1, -0.05) is 84.0 Å². The number of halogens is 1. The molecule has 0 heterocycles. The molecule has 0 saturated heterocycles. The van der Waals surface area contributed by atoms with Gasteiger partial charge in [-0.05, 0) is 12.8 Å². The molecule has 0 spiro atoms. The molecule has 2 N–H and O–H groups in total. The van der Waals surface area contributed by atoms with E-state index in [0.29, 0.717) is 0 Å². The molecule has 0 bridgehead atoms. The smallest absolute Gasteiger partial charge is 0.326 e. The maximum atomic E-state index is 12.2. The molecule has 0 unspecified atom stereocenters. The molecule has 1 atom stereocenters. The van der Waals surface area contributed by atoms with Crippen molar-refractivity contribution in [3.63, 3.8) is 0 Å². The third-order valence-corrected chi connectivity index (χ3v) is 4.77. The summed E-state index contributed by atoms with van der Waals surface area (Å²) < 4.78 is 12.2. The lowest BCUT2D eigenvalue weighted by atomic mass is 10.0. The number of nitrogens with one attached hydrogen (secondary N) is 1. The highest BCUT2D eigenvalue weighted by Crippen LogP contribution is 2.13. The van der Waals surface area contributed by atoms with Crippen molar-refractivity contribution in [2.45, 2.75) is 116 Å². The van der Waals surface area contributed by atoms with Crippen LogP contribution >= 0.6 is 0 Å². The molecule has 0 aliphatic heterocycles. The van der Waals surface area contributed by atoms with Crippen molar-refractivity contribution in [3.05, 3.63) is 0 Å². The Morgan fingerprint density at radius 3 is 1.63 bits per heavy atom. The van der Waals surface area contributed by atoms with Crippen LogP contribution in [0.1, 0.15) is 110 Å². The quantitative estimate of drug-likeness (QED) is 0.232. The zero-order valence-corrected chi connectivity index (χ0v) is 16.9. The van der Waals surface area contributed by atoms with Crippen molar-refractivity contribution >= 4 is 17.9 Å². The van der Waals surface area contributed by atoms with Crippen LogP contribution in [0, 0.1) is 0 Å². The highest BCUT2D eigenvalue weighted by atomic mass is 19.1. The van der Waals surface area contributed by atoms with E-state index in [9.17, 15) is 18.8 Å². The van der Waals surface area contributed by atoms with Gasteiger partial charge in [-0.25, -0.2) is 4.79 Å².